The van der Waals surface area contributed by atoms with E-state index in [1.54, 1.807) is 61.1 Å². The molecule has 1 aromatic heterocycles. The number of ether oxygens (including phenoxy) is 1. The minimum absolute atomic E-state index is 0.191. The van der Waals surface area contributed by atoms with Crippen molar-refractivity contribution in [2.45, 2.75) is 12.6 Å². The van der Waals surface area contributed by atoms with E-state index in [9.17, 15) is 14.4 Å². The number of carbonyl (C=O) groups excluding carboxylic acids is 3. The molecular weight excluding hydrogens is 480 g/mol. The maximum absolute atomic E-state index is 13.7. The second-order valence-electron chi connectivity index (χ2n) is 8.20. The number of nitrogens with zero attached hydrogens (tertiary/aromatic N) is 2. The number of halogens is 1. The molecule has 0 aliphatic carbocycles. The number of aromatic amines is 1. The van der Waals surface area contributed by atoms with Crippen molar-refractivity contribution < 1.29 is 19.1 Å². The number of H-pyrrole nitrogens is 1. The number of nitrogens with one attached hydrogen (secondary N) is 2. The van der Waals surface area contributed by atoms with Gasteiger partial charge in [0.05, 0.1) is 36.6 Å². The normalized spacial score (nSPS) is 13.4. The van der Waals surface area contributed by atoms with Gasteiger partial charge in [-0.15, -0.1) is 0 Å². The number of carbonyl (C=O) groups is 3. The van der Waals surface area contributed by atoms with Gasteiger partial charge < -0.3 is 15.0 Å². The average Bonchev–Trinajstić information content (AvgIpc) is 3.52. The summed E-state index contributed by atoms with van der Waals surface area (Å²) in [6.45, 7) is 0.191. The molecule has 1 atom stereocenters. The minimum Gasteiger partial charge on any atom is -0.495 e. The van der Waals surface area contributed by atoms with Gasteiger partial charge in [-0.1, -0.05) is 54.1 Å². The van der Waals surface area contributed by atoms with Gasteiger partial charge in [0.2, 0.25) is 5.91 Å². The molecule has 0 saturated carbocycles. The minimum atomic E-state index is -1.12. The van der Waals surface area contributed by atoms with Gasteiger partial charge in [-0.05, 0) is 41.0 Å². The van der Waals surface area contributed by atoms with Crippen LogP contribution in [0, 0.1) is 0 Å². The lowest BCUT2D eigenvalue weighted by molar-refractivity contribution is -0.125. The van der Waals surface area contributed by atoms with E-state index in [2.05, 4.69) is 15.3 Å². The molecule has 1 unspecified atom stereocenters. The van der Waals surface area contributed by atoms with Crippen LogP contribution in [0.1, 0.15) is 27.5 Å². The van der Waals surface area contributed by atoms with Gasteiger partial charge in [-0.3, -0.25) is 19.3 Å². The van der Waals surface area contributed by atoms with Crippen LogP contribution in [0.3, 0.4) is 0 Å². The van der Waals surface area contributed by atoms with Gasteiger partial charge in [0.25, 0.3) is 5.78 Å². The molecule has 2 N–H and O–H groups in total. The van der Waals surface area contributed by atoms with Gasteiger partial charge >= 0.3 is 5.91 Å². The lowest BCUT2D eigenvalue weighted by atomic mass is 10.0. The Kier molecular flexibility index (Phi) is 6.26. The summed E-state index contributed by atoms with van der Waals surface area (Å²) in [6.07, 6.45) is 3.26. The Labute approximate surface area is 211 Å². The van der Waals surface area contributed by atoms with Crippen LogP contribution in [-0.2, 0) is 16.1 Å². The molecule has 5 rings (SSSR count). The fraction of sp³-hybridized carbons (Fsp3) is 0.111. The molecule has 0 saturated heterocycles. The summed E-state index contributed by atoms with van der Waals surface area (Å²) in [6, 6.07) is 18.0. The largest absolute Gasteiger partial charge is 0.495 e. The fourth-order valence-electron chi connectivity index (χ4n) is 4.30. The van der Waals surface area contributed by atoms with Crippen molar-refractivity contribution in [2.75, 3.05) is 12.0 Å². The van der Waals surface area contributed by atoms with Gasteiger partial charge in [-0.25, -0.2) is 4.98 Å². The predicted octanol–water partition coefficient (Wildman–Crippen LogP) is 4.33. The third-order valence-electron chi connectivity index (χ3n) is 6.02. The van der Waals surface area contributed by atoms with Crippen LogP contribution in [0.5, 0.6) is 5.75 Å². The first-order chi connectivity index (χ1) is 17.5. The lowest BCUT2D eigenvalue weighted by Gasteiger charge is -2.28. The first-order valence-electron chi connectivity index (χ1n) is 11.1. The number of hydrogen-bond donors (Lipinski definition) is 2. The van der Waals surface area contributed by atoms with Crippen LogP contribution < -0.4 is 15.0 Å². The van der Waals surface area contributed by atoms with E-state index >= 15 is 0 Å². The number of aromatic nitrogens is 2. The van der Waals surface area contributed by atoms with Crippen molar-refractivity contribution in [1.29, 1.82) is 0 Å². The summed E-state index contributed by atoms with van der Waals surface area (Å²) in [5.41, 5.74) is 3.46. The van der Waals surface area contributed by atoms with E-state index in [1.165, 1.54) is 12.0 Å². The highest BCUT2D eigenvalue weighted by atomic mass is 35.5. The van der Waals surface area contributed by atoms with E-state index in [-0.39, 0.29) is 17.8 Å². The Hall–Kier alpha value is -4.43. The molecule has 3 aromatic carbocycles. The third-order valence-corrected chi connectivity index (χ3v) is 6.25. The van der Waals surface area contributed by atoms with Crippen molar-refractivity contribution in [3.05, 3.63) is 101 Å². The van der Waals surface area contributed by atoms with Crippen LogP contribution in [0.25, 0.3) is 11.3 Å². The number of methoxy groups -OCH3 is 1. The molecule has 1 aliphatic rings. The van der Waals surface area contributed by atoms with E-state index < -0.39 is 23.6 Å². The van der Waals surface area contributed by atoms with E-state index in [0.717, 1.165) is 16.8 Å². The highest BCUT2D eigenvalue weighted by Crippen LogP contribution is 2.42. The number of rotatable bonds is 7. The highest BCUT2D eigenvalue weighted by molar-refractivity contribution is 6.53. The number of Topliss-reactive ketones (excluding diaryl/α,β-unsaturated/α-hetero) is 1. The molecule has 36 heavy (non-hydrogen) atoms. The Morgan fingerprint density at radius 3 is 2.58 bits per heavy atom. The number of benzene rings is 3. The Morgan fingerprint density at radius 1 is 1.11 bits per heavy atom. The Morgan fingerprint density at radius 2 is 1.89 bits per heavy atom. The first kappa shape index (κ1) is 23.3. The topological polar surface area (TPSA) is 104 Å². The number of para-hydroxylation sites is 1. The van der Waals surface area contributed by atoms with E-state index in [0.29, 0.717) is 16.3 Å². The smallest absolute Gasteiger partial charge is 0.300 e. The second kappa shape index (κ2) is 9.67. The van der Waals surface area contributed by atoms with Gasteiger partial charge in [0.1, 0.15) is 11.8 Å². The van der Waals surface area contributed by atoms with Gasteiger partial charge in [-0.2, -0.15) is 0 Å². The fourth-order valence-corrected chi connectivity index (χ4v) is 4.51. The Bertz CT molecular complexity index is 1450. The predicted molar refractivity (Wildman–Crippen MR) is 135 cm³/mol. The van der Waals surface area contributed by atoms with Crippen LogP contribution in [0.2, 0.25) is 5.02 Å². The first-order valence-corrected chi connectivity index (χ1v) is 11.5. The van der Waals surface area contributed by atoms with Gasteiger partial charge in [0.15, 0.2) is 0 Å². The van der Waals surface area contributed by atoms with Gasteiger partial charge in [0, 0.05) is 11.6 Å². The number of fused-ring (bicyclic) bond motifs is 1. The number of hydrogen-bond acceptors (Lipinski definition) is 5. The third kappa shape index (κ3) is 4.23. The molecular formula is C27H21ClN4O4. The summed E-state index contributed by atoms with van der Waals surface area (Å²) < 4.78 is 5.46. The lowest BCUT2D eigenvalue weighted by Crippen LogP contribution is -2.43. The molecule has 4 aromatic rings. The maximum Gasteiger partial charge on any atom is 0.300 e. The van der Waals surface area contributed by atoms with E-state index in [4.69, 9.17) is 16.3 Å². The second-order valence-corrected chi connectivity index (χ2v) is 8.63. The highest BCUT2D eigenvalue weighted by Gasteiger charge is 2.45. The molecule has 2 heterocycles. The summed E-state index contributed by atoms with van der Waals surface area (Å²) in [5, 5.41) is 3.44. The number of imidazole rings is 1. The molecule has 1 aliphatic heterocycles. The zero-order valence-corrected chi connectivity index (χ0v) is 20.0. The van der Waals surface area contributed by atoms with Crippen molar-refractivity contribution in [3.8, 4) is 17.0 Å². The molecule has 180 valence electrons. The molecule has 0 fully saturated rings. The molecule has 8 nitrogen and oxygen atoms in total. The van der Waals surface area contributed by atoms with Crippen LogP contribution in [-0.4, -0.2) is 34.7 Å². The molecule has 9 heteroatoms. The molecule has 2 amide bonds. The summed E-state index contributed by atoms with van der Waals surface area (Å²) >= 11 is 6.08. The molecule has 0 radical (unpaired) electrons. The summed E-state index contributed by atoms with van der Waals surface area (Å²) in [4.78, 5) is 48.0. The maximum atomic E-state index is 13.7. The number of amides is 2. The zero-order chi connectivity index (χ0) is 25.2. The van der Waals surface area contributed by atoms with Crippen molar-refractivity contribution in [1.82, 2.24) is 15.3 Å². The standard InChI is InChI=1S/C27H21ClN4O4/c1-36-22-7-3-6-20-24(22)32(27(35)25(20)33)23(26(34)30-13-16-4-2-5-19(28)12-16)18-10-8-17(9-11-18)21-14-29-15-31-21/h2-12,14-15,23H,13H2,1H3,(H,29,31)(H,30,34). The van der Waals surface area contributed by atoms with Crippen LogP contribution in [0.15, 0.2) is 79.3 Å². The molecule has 0 bridgehead atoms. The summed E-state index contributed by atoms with van der Waals surface area (Å²) in [7, 11) is 1.45. The molecule has 0 spiro atoms. The van der Waals surface area contributed by atoms with Crippen LogP contribution in [0.4, 0.5) is 5.69 Å². The van der Waals surface area contributed by atoms with Crippen molar-refractivity contribution >= 4 is 34.9 Å². The van der Waals surface area contributed by atoms with Crippen LogP contribution >= 0.6 is 11.6 Å². The van der Waals surface area contributed by atoms with Crippen molar-refractivity contribution in [2.24, 2.45) is 0 Å². The number of ketones is 1. The Balaban J connectivity index is 1.55. The monoisotopic (exact) mass is 500 g/mol. The van der Waals surface area contributed by atoms with E-state index in [1.807, 2.05) is 18.2 Å². The zero-order valence-electron chi connectivity index (χ0n) is 19.2. The van der Waals surface area contributed by atoms with Crippen molar-refractivity contribution in [3.63, 3.8) is 0 Å². The quantitative estimate of drug-likeness (QED) is 0.368. The average molecular weight is 501 g/mol. The summed E-state index contributed by atoms with van der Waals surface area (Å²) in [5.74, 6) is -1.61. The SMILES string of the molecule is COc1cccc2c1N(C(C(=O)NCc1cccc(Cl)c1)c1ccc(-c3cnc[nH]3)cc1)C(=O)C2=O. The number of anilines is 1.